The summed E-state index contributed by atoms with van der Waals surface area (Å²) in [5.74, 6) is -0.454. The van der Waals surface area contributed by atoms with Gasteiger partial charge in [-0.05, 0) is 24.6 Å². The van der Waals surface area contributed by atoms with Gasteiger partial charge < -0.3 is 4.74 Å². The quantitative estimate of drug-likeness (QED) is 0.484. The number of hydrogen-bond donors (Lipinski definition) is 0. The van der Waals surface area contributed by atoms with Crippen LogP contribution >= 0.6 is 0 Å². The van der Waals surface area contributed by atoms with E-state index in [1.54, 1.807) is 49.4 Å². The van der Waals surface area contributed by atoms with E-state index in [-0.39, 0.29) is 5.69 Å². The fourth-order valence-corrected chi connectivity index (χ4v) is 1.76. The highest BCUT2D eigenvalue weighted by Gasteiger charge is 2.15. The minimum absolute atomic E-state index is 0.0230. The van der Waals surface area contributed by atoms with Crippen molar-refractivity contribution in [3.8, 4) is 0 Å². The fraction of sp³-hybridized carbons (Fsp3) is 0.133. The Morgan fingerprint density at radius 3 is 2.50 bits per heavy atom. The molecule has 0 radical (unpaired) electrons. The highest BCUT2D eigenvalue weighted by molar-refractivity contribution is 5.89. The molecule has 0 bridgehead atoms. The van der Waals surface area contributed by atoms with Gasteiger partial charge in [0.15, 0.2) is 0 Å². The van der Waals surface area contributed by atoms with Crippen molar-refractivity contribution in [2.45, 2.75) is 13.0 Å². The van der Waals surface area contributed by atoms with Crippen LogP contribution in [0.5, 0.6) is 0 Å². The van der Waals surface area contributed by atoms with Crippen LogP contribution in [-0.2, 0) is 4.74 Å². The number of esters is 1. The molecule has 0 fully saturated rings. The zero-order valence-electron chi connectivity index (χ0n) is 10.9. The summed E-state index contributed by atoms with van der Waals surface area (Å²) in [4.78, 5) is 22.1. The summed E-state index contributed by atoms with van der Waals surface area (Å²) >= 11 is 0. The maximum Gasteiger partial charge on any atom is 0.338 e. The van der Waals surface area contributed by atoms with Gasteiger partial charge in [0.1, 0.15) is 6.10 Å². The molecule has 0 aliphatic carbocycles. The van der Waals surface area contributed by atoms with Crippen LogP contribution in [-0.4, -0.2) is 10.9 Å². The molecular weight excluding hydrogens is 258 g/mol. The maximum atomic E-state index is 11.9. The first-order valence-electron chi connectivity index (χ1n) is 6.08. The predicted octanol–water partition coefficient (Wildman–Crippen LogP) is 3.51. The molecule has 2 aromatic carbocycles. The average molecular weight is 271 g/mol. The second-order valence-electron chi connectivity index (χ2n) is 4.27. The molecular formula is C15H13NO4. The summed E-state index contributed by atoms with van der Waals surface area (Å²) < 4.78 is 5.30. The van der Waals surface area contributed by atoms with Crippen LogP contribution in [0, 0.1) is 10.1 Å². The number of carbonyl (C=O) groups excluding carboxylic acids is 1. The molecule has 0 spiro atoms. The Hall–Kier alpha value is -2.69. The van der Waals surface area contributed by atoms with Gasteiger partial charge in [-0.1, -0.05) is 30.3 Å². The van der Waals surface area contributed by atoms with Gasteiger partial charge in [-0.25, -0.2) is 4.79 Å². The van der Waals surface area contributed by atoms with E-state index in [1.165, 1.54) is 12.1 Å². The monoisotopic (exact) mass is 271 g/mol. The first-order chi connectivity index (χ1) is 9.58. The second kappa shape index (κ2) is 5.97. The molecule has 0 amide bonds. The smallest absolute Gasteiger partial charge is 0.338 e. The van der Waals surface area contributed by atoms with Crippen molar-refractivity contribution in [2.24, 2.45) is 0 Å². The Labute approximate surface area is 116 Å². The van der Waals surface area contributed by atoms with Gasteiger partial charge in [-0.2, -0.15) is 0 Å². The molecule has 102 valence electrons. The highest BCUT2D eigenvalue weighted by Crippen LogP contribution is 2.22. The third-order valence-corrected chi connectivity index (χ3v) is 2.84. The number of nitro groups is 1. The van der Waals surface area contributed by atoms with Crippen molar-refractivity contribution in [2.75, 3.05) is 0 Å². The fourth-order valence-electron chi connectivity index (χ4n) is 1.76. The van der Waals surface area contributed by atoms with E-state index in [0.29, 0.717) is 11.1 Å². The Bertz CT molecular complexity index is 625. The normalized spacial score (nSPS) is 11.7. The van der Waals surface area contributed by atoms with E-state index in [2.05, 4.69) is 0 Å². The molecule has 5 heteroatoms. The van der Waals surface area contributed by atoms with Crippen LogP contribution in [0.1, 0.15) is 28.9 Å². The summed E-state index contributed by atoms with van der Waals surface area (Å²) in [6, 6.07) is 14.7. The van der Waals surface area contributed by atoms with Gasteiger partial charge in [0, 0.05) is 12.1 Å². The summed E-state index contributed by atoms with van der Waals surface area (Å²) in [7, 11) is 0. The number of nitro benzene ring substituents is 1. The average Bonchev–Trinajstić information content (AvgIpc) is 2.48. The molecule has 2 aromatic rings. The number of benzene rings is 2. The van der Waals surface area contributed by atoms with Crippen molar-refractivity contribution in [1.29, 1.82) is 0 Å². The van der Waals surface area contributed by atoms with Gasteiger partial charge in [0.2, 0.25) is 0 Å². The molecule has 0 aromatic heterocycles. The Balaban J connectivity index is 2.12. The van der Waals surface area contributed by atoms with Gasteiger partial charge in [0.25, 0.3) is 5.69 Å². The maximum absolute atomic E-state index is 11.9. The number of carbonyl (C=O) groups is 1. The van der Waals surface area contributed by atoms with Crippen LogP contribution in [0.3, 0.4) is 0 Å². The van der Waals surface area contributed by atoms with Crippen LogP contribution in [0.15, 0.2) is 54.6 Å². The minimum atomic E-state index is -0.553. The van der Waals surface area contributed by atoms with Gasteiger partial charge >= 0.3 is 5.97 Å². The number of rotatable bonds is 4. The number of nitrogens with zero attached hydrogens (tertiary/aromatic N) is 1. The molecule has 1 unspecified atom stereocenters. The van der Waals surface area contributed by atoms with E-state index in [1.807, 2.05) is 0 Å². The van der Waals surface area contributed by atoms with Crippen LogP contribution in [0.2, 0.25) is 0 Å². The third-order valence-electron chi connectivity index (χ3n) is 2.84. The lowest BCUT2D eigenvalue weighted by molar-refractivity contribution is -0.385. The first-order valence-corrected chi connectivity index (χ1v) is 6.08. The molecule has 20 heavy (non-hydrogen) atoms. The minimum Gasteiger partial charge on any atom is -0.454 e. The van der Waals surface area contributed by atoms with Gasteiger partial charge in [-0.3, -0.25) is 10.1 Å². The zero-order chi connectivity index (χ0) is 14.5. The SMILES string of the molecule is CC(OC(=O)c1ccccc1)c1cccc([N+](=O)[O-])c1. The Morgan fingerprint density at radius 1 is 1.15 bits per heavy atom. The van der Waals surface area contributed by atoms with Crippen molar-refractivity contribution in [3.63, 3.8) is 0 Å². The molecule has 0 aliphatic heterocycles. The second-order valence-corrected chi connectivity index (χ2v) is 4.27. The topological polar surface area (TPSA) is 69.4 Å². The molecule has 2 rings (SSSR count). The van der Waals surface area contributed by atoms with E-state index in [0.717, 1.165) is 0 Å². The van der Waals surface area contributed by atoms with E-state index in [9.17, 15) is 14.9 Å². The van der Waals surface area contributed by atoms with Gasteiger partial charge in [0.05, 0.1) is 10.5 Å². The molecule has 1 atom stereocenters. The van der Waals surface area contributed by atoms with E-state index < -0.39 is 17.0 Å². The first kappa shape index (κ1) is 13.7. The van der Waals surface area contributed by atoms with E-state index in [4.69, 9.17) is 4.74 Å². The number of hydrogen-bond acceptors (Lipinski definition) is 4. The lowest BCUT2D eigenvalue weighted by atomic mass is 10.1. The van der Waals surface area contributed by atoms with Crippen molar-refractivity contribution >= 4 is 11.7 Å². The largest absolute Gasteiger partial charge is 0.454 e. The Morgan fingerprint density at radius 2 is 1.85 bits per heavy atom. The Kier molecular flexibility index (Phi) is 4.10. The standard InChI is InChI=1S/C15H13NO4/c1-11(13-8-5-9-14(10-13)16(18)19)20-15(17)12-6-3-2-4-7-12/h2-11H,1H3. The summed E-state index contributed by atoms with van der Waals surface area (Å²) in [6.07, 6.45) is -0.553. The summed E-state index contributed by atoms with van der Waals surface area (Å²) in [5, 5.41) is 10.7. The van der Waals surface area contributed by atoms with Crippen LogP contribution in [0.25, 0.3) is 0 Å². The van der Waals surface area contributed by atoms with E-state index >= 15 is 0 Å². The molecule has 0 saturated carbocycles. The van der Waals surface area contributed by atoms with Crippen molar-refractivity contribution in [3.05, 3.63) is 75.8 Å². The van der Waals surface area contributed by atoms with Crippen LogP contribution in [0.4, 0.5) is 5.69 Å². The summed E-state index contributed by atoms with van der Waals surface area (Å²) in [5.41, 5.74) is 1.01. The predicted molar refractivity (Wildman–Crippen MR) is 73.4 cm³/mol. The van der Waals surface area contributed by atoms with Crippen molar-refractivity contribution in [1.82, 2.24) is 0 Å². The number of non-ortho nitro benzene ring substituents is 1. The lowest BCUT2D eigenvalue weighted by Gasteiger charge is -2.13. The lowest BCUT2D eigenvalue weighted by Crippen LogP contribution is -2.09. The summed E-state index contributed by atoms with van der Waals surface area (Å²) in [6.45, 7) is 1.68. The number of ether oxygens (including phenoxy) is 1. The van der Waals surface area contributed by atoms with Crippen LogP contribution < -0.4 is 0 Å². The molecule has 0 aliphatic rings. The molecule has 0 N–H and O–H groups in total. The molecule has 0 heterocycles. The third kappa shape index (κ3) is 3.20. The van der Waals surface area contributed by atoms with Gasteiger partial charge in [-0.15, -0.1) is 0 Å². The molecule has 5 nitrogen and oxygen atoms in total. The van der Waals surface area contributed by atoms with Crippen molar-refractivity contribution < 1.29 is 14.5 Å². The zero-order valence-corrected chi connectivity index (χ0v) is 10.9. The highest BCUT2D eigenvalue weighted by atomic mass is 16.6. The molecule has 0 saturated heterocycles.